The zero-order valence-electron chi connectivity index (χ0n) is 11.1. The van der Waals surface area contributed by atoms with Crippen LogP contribution < -0.4 is 5.73 Å². The van der Waals surface area contributed by atoms with Gasteiger partial charge in [0.1, 0.15) is 5.82 Å². The summed E-state index contributed by atoms with van der Waals surface area (Å²) in [6, 6.07) is 14.9. The van der Waals surface area contributed by atoms with Gasteiger partial charge in [0.05, 0.1) is 0 Å². The quantitative estimate of drug-likeness (QED) is 0.841. The normalized spacial score (nSPS) is 14.1. The zero-order chi connectivity index (χ0) is 13.8. The Balaban J connectivity index is 2.23. The van der Waals surface area contributed by atoms with Crippen molar-refractivity contribution in [1.29, 1.82) is 0 Å². The molecule has 2 unspecified atom stereocenters. The number of hydrogen-bond donors (Lipinski definition) is 1. The minimum absolute atomic E-state index is 0.0481. The molecule has 2 atom stereocenters. The number of aryl methyl sites for hydroxylation is 1. The van der Waals surface area contributed by atoms with Crippen LogP contribution in [0, 0.1) is 12.7 Å². The summed E-state index contributed by atoms with van der Waals surface area (Å²) in [6.07, 6.45) is 0. The fourth-order valence-corrected chi connectivity index (χ4v) is 3.01. The molecule has 3 heteroatoms. The number of halogens is 1. The first-order chi connectivity index (χ1) is 9.06. The second-order valence-electron chi connectivity index (χ2n) is 4.77. The van der Waals surface area contributed by atoms with E-state index in [4.69, 9.17) is 5.73 Å². The molecule has 19 heavy (non-hydrogen) atoms. The molecule has 2 aromatic rings. The van der Waals surface area contributed by atoms with E-state index >= 15 is 0 Å². The van der Waals surface area contributed by atoms with Crippen LogP contribution in [0.3, 0.4) is 0 Å². The van der Waals surface area contributed by atoms with E-state index in [2.05, 4.69) is 31.2 Å². The average molecular weight is 275 g/mol. The van der Waals surface area contributed by atoms with Gasteiger partial charge in [-0.2, -0.15) is 0 Å². The van der Waals surface area contributed by atoms with Crippen LogP contribution >= 0.6 is 11.8 Å². The first-order valence-corrected chi connectivity index (χ1v) is 7.18. The standard InChI is InChI=1S/C16H18FNS/c1-11-6-8-15(9-7-11)19-16(12(2)18)13-4-3-5-14(17)10-13/h3-10,12,16H,18H2,1-2H3. The Kier molecular flexibility index (Phi) is 4.61. The number of thioether (sulfide) groups is 1. The molecule has 2 rings (SSSR count). The fraction of sp³-hybridized carbons (Fsp3) is 0.250. The molecule has 0 heterocycles. The van der Waals surface area contributed by atoms with E-state index in [0.717, 1.165) is 10.5 Å². The lowest BCUT2D eigenvalue weighted by atomic mass is 10.1. The molecule has 0 spiro atoms. The molecule has 0 radical (unpaired) electrons. The van der Waals surface area contributed by atoms with Crippen LogP contribution in [0.1, 0.15) is 23.3 Å². The van der Waals surface area contributed by atoms with Gasteiger partial charge in [0.2, 0.25) is 0 Å². The van der Waals surface area contributed by atoms with Crippen LogP contribution in [0.25, 0.3) is 0 Å². The van der Waals surface area contributed by atoms with Gasteiger partial charge < -0.3 is 5.73 Å². The molecule has 0 aliphatic heterocycles. The molecule has 0 aromatic heterocycles. The SMILES string of the molecule is Cc1ccc(SC(c2cccc(F)c2)C(C)N)cc1. The predicted octanol–water partition coefficient (Wildman–Crippen LogP) is 4.31. The Morgan fingerprint density at radius 1 is 1.11 bits per heavy atom. The van der Waals surface area contributed by atoms with Crippen LogP contribution in [0.15, 0.2) is 53.4 Å². The van der Waals surface area contributed by atoms with E-state index in [1.54, 1.807) is 23.9 Å². The Morgan fingerprint density at radius 3 is 2.37 bits per heavy atom. The van der Waals surface area contributed by atoms with Gasteiger partial charge in [-0.3, -0.25) is 0 Å². The Hall–Kier alpha value is -1.32. The molecule has 0 saturated carbocycles. The summed E-state index contributed by atoms with van der Waals surface area (Å²) in [5.74, 6) is -0.215. The highest BCUT2D eigenvalue weighted by atomic mass is 32.2. The van der Waals surface area contributed by atoms with E-state index in [0.29, 0.717) is 0 Å². The third kappa shape index (κ3) is 3.82. The third-order valence-corrected chi connectivity index (χ3v) is 4.44. The number of rotatable bonds is 4. The van der Waals surface area contributed by atoms with E-state index in [9.17, 15) is 4.39 Å². The van der Waals surface area contributed by atoms with Crippen molar-refractivity contribution in [2.45, 2.75) is 30.0 Å². The highest BCUT2D eigenvalue weighted by molar-refractivity contribution is 7.99. The van der Waals surface area contributed by atoms with Gasteiger partial charge in [-0.05, 0) is 43.7 Å². The maximum Gasteiger partial charge on any atom is 0.123 e. The number of hydrogen-bond acceptors (Lipinski definition) is 2. The van der Waals surface area contributed by atoms with Crippen LogP contribution in [0.4, 0.5) is 4.39 Å². The topological polar surface area (TPSA) is 26.0 Å². The Bertz CT molecular complexity index is 537. The predicted molar refractivity (Wildman–Crippen MR) is 79.8 cm³/mol. The molecule has 0 bridgehead atoms. The van der Waals surface area contributed by atoms with Crippen molar-refractivity contribution < 1.29 is 4.39 Å². The lowest BCUT2D eigenvalue weighted by Gasteiger charge is -2.21. The molecule has 0 fully saturated rings. The van der Waals surface area contributed by atoms with E-state index in [-0.39, 0.29) is 17.1 Å². The van der Waals surface area contributed by atoms with Crippen LogP contribution in [0.2, 0.25) is 0 Å². The first kappa shape index (κ1) is 14.1. The zero-order valence-corrected chi connectivity index (χ0v) is 12.0. The second kappa shape index (κ2) is 6.22. The summed E-state index contributed by atoms with van der Waals surface area (Å²) in [7, 11) is 0. The molecular formula is C16H18FNS. The summed E-state index contributed by atoms with van der Waals surface area (Å²) in [5, 5.41) is 0.0541. The molecule has 0 saturated heterocycles. The minimum atomic E-state index is -0.215. The van der Waals surface area contributed by atoms with Gasteiger partial charge in [0.25, 0.3) is 0 Å². The van der Waals surface area contributed by atoms with Crippen molar-refractivity contribution in [2.75, 3.05) is 0 Å². The van der Waals surface area contributed by atoms with Crippen molar-refractivity contribution in [3.05, 3.63) is 65.5 Å². The van der Waals surface area contributed by atoms with Crippen molar-refractivity contribution in [2.24, 2.45) is 5.73 Å². The Morgan fingerprint density at radius 2 is 1.79 bits per heavy atom. The second-order valence-corrected chi connectivity index (χ2v) is 5.98. The summed E-state index contributed by atoms with van der Waals surface area (Å²) in [4.78, 5) is 1.15. The van der Waals surface area contributed by atoms with Gasteiger partial charge in [0, 0.05) is 16.2 Å². The highest BCUT2D eigenvalue weighted by Gasteiger charge is 2.18. The van der Waals surface area contributed by atoms with Crippen molar-refractivity contribution in [3.8, 4) is 0 Å². The molecule has 0 aliphatic carbocycles. The molecule has 0 amide bonds. The van der Waals surface area contributed by atoms with Crippen molar-refractivity contribution in [1.82, 2.24) is 0 Å². The third-order valence-electron chi connectivity index (χ3n) is 2.94. The Labute approximate surface area is 118 Å². The summed E-state index contributed by atoms with van der Waals surface area (Å²) in [6.45, 7) is 4.01. The molecule has 100 valence electrons. The summed E-state index contributed by atoms with van der Waals surface area (Å²) >= 11 is 1.68. The largest absolute Gasteiger partial charge is 0.327 e. The monoisotopic (exact) mass is 275 g/mol. The van der Waals surface area contributed by atoms with Gasteiger partial charge in [-0.25, -0.2) is 4.39 Å². The highest BCUT2D eigenvalue weighted by Crippen LogP contribution is 2.37. The molecule has 2 N–H and O–H groups in total. The molecule has 2 aromatic carbocycles. The number of benzene rings is 2. The van der Waals surface area contributed by atoms with Crippen molar-refractivity contribution in [3.63, 3.8) is 0 Å². The average Bonchev–Trinajstić information content (AvgIpc) is 2.37. The van der Waals surface area contributed by atoms with Gasteiger partial charge in [-0.1, -0.05) is 29.8 Å². The summed E-state index contributed by atoms with van der Waals surface area (Å²) in [5.41, 5.74) is 8.21. The van der Waals surface area contributed by atoms with E-state index in [1.807, 2.05) is 13.0 Å². The maximum atomic E-state index is 13.3. The minimum Gasteiger partial charge on any atom is -0.327 e. The molecule has 0 aliphatic rings. The molecular weight excluding hydrogens is 257 g/mol. The fourth-order valence-electron chi connectivity index (χ4n) is 1.93. The van der Waals surface area contributed by atoms with Crippen LogP contribution in [-0.2, 0) is 0 Å². The van der Waals surface area contributed by atoms with Gasteiger partial charge in [0.15, 0.2) is 0 Å². The lowest BCUT2D eigenvalue weighted by molar-refractivity contribution is 0.622. The molecule has 1 nitrogen and oxygen atoms in total. The number of nitrogens with two attached hydrogens (primary N) is 1. The van der Waals surface area contributed by atoms with Gasteiger partial charge in [-0.15, -0.1) is 11.8 Å². The van der Waals surface area contributed by atoms with Crippen LogP contribution in [-0.4, -0.2) is 6.04 Å². The first-order valence-electron chi connectivity index (χ1n) is 6.30. The summed E-state index contributed by atoms with van der Waals surface area (Å²) < 4.78 is 13.3. The maximum absolute atomic E-state index is 13.3. The van der Waals surface area contributed by atoms with Crippen LogP contribution in [0.5, 0.6) is 0 Å². The lowest BCUT2D eigenvalue weighted by Crippen LogP contribution is -2.22. The van der Waals surface area contributed by atoms with E-state index < -0.39 is 0 Å². The van der Waals surface area contributed by atoms with Gasteiger partial charge >= 0.3 is 0 Å². The van der Waals surface area contributed by atoms with E-state index in [1.165, 1.54) is 11.6 Å². The smallest absolute Gasteiger partial charge is 0.123 e. The van der Waals surface area contributed by atoms with Crippen molar-refractivity contribution >= 4 is 11.8 Å².